The van der Waals surface area contributed by atoms with Crippen LogP contribution in [0.2, 0.25) is 5.02 Å². The van der Waals surface area contributed by atoms with Crippen LogP contribution in [0.5, 0.6) is 0 Å². The van der Waals surface area contributed by atoms with Crippen LogP contribution in [-0.2, 0) is 37.3 Å². The normalized spacial score (nSPS) is 16.6. The molecule has 0 saturated heterocycles. The molecule has 12 nitrogen and oxygen atoms in total. The third-order valence-corrected chi connectivity index (χ3v) is 13.0. The van der Waals surface area contributed by atoms with Crippen molar-refractivity contribution in [2.24, 2.45) is 0 Å². The first kappa shape index (κ1) is 45.0. The highest BCUT2D eigenvalue weighted by Gasteiger charge is 2.38. The number of amides is 3. The summed E-state index contributed by atoms with van der Waals surface area (Å²) in [7, 11) is -2.83. The Labute approximate surface area is 362 Å². The lowest BCUT2D eigenvalue weighted by Gasteiger charge is -2.37. The van der Waals surface area contributed by atoms with Crippen molar-refractivity contribution in [2.75, 3.05) is 45.0 Å². The number of nitrogens with zero attached hydrogens (tertiary/aromatic N) is 3. The monoisotopic (exact) mass is 877 g/mol. The van der Waals surface area contributed by atoms with Gasteiger partial charge in [-0.3, -0.25) is 19.4 Å². The van der Waals surface area contributed by atoms with Crippen molar-refractivity contribution < 1.29 is 32.3 Å². The van der Waals surface area contributed by atoms with Crippen LogP contribution in [-0.4, -0.2) is 88.0 Å². The molecule has 0 aliphatic carbocycles. The molecule has 4 aromatic rings. The molecule has 2 aliphatic heterocycles. The van der Waals surface area contributed by atoms with Gasteiger partial charge in [0.15, 0.2) is 0 Å². The largest absolute Gasteiger partial charge is 0.385 e. The van der Waals surface area contributed by atoms with Gasteiger partial charge in [0.05, 0.1) is 45.4 Å². The first-order chi connectivity index (χ1) is 28.9. The third-order valence-electron chi connectivity index (χ3n) is 10.8. The summed E-state index contributed by atoms with van der Waals surface area (Å²) in [5.41, 5.74) is 5.64. The average molecular weight is 879 g/mol. The number of hydrogen-bond acceptors (Lipinski definition) is 9. The Bertz CT molecular complexity index is 2350. The standard InChI is InChI=1S/C45H53Cl2N5O7S/c1-5-7-21-50(22-8-6-2)45(55)42-41(47)30(3)48-52(42)34-18-20-37(43(53)49-60(56,57)36-19-17-31-15-11-16-40(46)38(31)27-36)39(26-34)44(54)51-28-33-14-10-9-13-32(33)25-35(51)29-59-24-12-23-58-4/h9-11,13-20,26-27,30,35,48H,5-8,12,21-25,28-29H2,1-4H3,(H,49,53). The Balaban J connectivity index is 1.41. The van der Waals surface area contributed by atoms with Gasteiger partial charge in [-0.2, -0.15) is 0 Å². The minimum absolute atomic E-state index is 0.0661. The molecule has 2 heterocycles. The number of hydrogen-bond donors (Lipinski definition) is 2. The number of halogens is 2. The summed E-state index contributed by atoms with van der Waals surface area (Å²) < 4.78 is 41.1. The highest BCUT2D eigenvalue weighted by atomic mass is 35.5. The maximum absolute atomic E-state index is 15.1. The van der Waals surface area contributed by atoms with E-state index in [0.29, 0.717) is 60.3 Å². The molecule has 2 aliphatic rings. The maximum atomic E-state index is 15.1. The van der Waals surface area contributed by atoms with Crippen molar-refractivity contribution in [3.8, 4) is 0 Å². The number of hydrazine groups is 1. The second-order valence-electron chi connectivity index (χ2n) is 15.2. The first-order valence-corrected chi connectivity index (χ1v) is 22.7. The van der Waals surface area contributed by atoms with E-state index in [-0.39, 0.29) is 40.8 Å². The Morgan fingerprint density at radius 2 is 1.62 bits per heavy atom. The zero-order chi connectivity index (χ0) is 43.0. The fourth-order valence-electron chi connectivity index (χ4n) is 7.51. The number of unbranched alkanes of at least 4 members (excludes halogenated alkanes) is 2. The Morgan fingerprint density at radius 3 is 2.33 bits per heavy atom. The van der Waals surface area contributed by atoms with Crippen LogP contribution in [0.1, 0.15) is 84.7 Å². The predicted octanol–water partition coefficient (Wildman–Crippen LogP) is 7.82. The summed E-state index contributed by atoms with van der Waals surface area (Å²) in [6.07, 6.45) is 4.61. The fraction of sp³-hybridized carbons (Fsp3) is 0.400. The molecular weight excluding hydrogens is 825 g/mol. The molecule has 3 amide bonds. The molecular formula is C45H53Cl2N5O7S. The maximum Gasteiger partial charge on any atom is 0.273 e. The van der Waals surface area contributed by atoms with Crippen molar-refractivity contribution in [1.29, 1.82) is 0 Å². The summed E-state index contributed by atoms with van der Waals surface area (Å²) in [5, 5.41) is 3.47. The van der Waals surface area contributed by atoms with E-state index in [0.717, 1.165) is 42.2 Å². The van der Waals surface area contributed by atoms with Gasteiger partial charge in [-0.05, 0) is 85.5 Å². The number of ether oxygens (including phenoxy) is 2. The lowest BCUT2D eigenvalue weighted by Crippen LogP contribution is -2.47. The highest BCUT2D eigenvalue weighted by Crippen LogP contribution is 2.34. The highest BCUT2D eigenvalue weighted by molar-refractivity contribution is 7.90. The van der Waals surface area contributed by atoms with Crippen molar-refractivity contribution >= 4 is 67.4 Å². The number of fused-ring (bicyclic) bond motifs is 2. The van der Waals surface area contributed by atoms with Gasteiger partial charge in [-0.15, -0.1) is 0 Å². The minimum atomic E-state index is -4.45. The number of methoxy groups -OCH3 is 1. The molecule has 4 aromatic carbocycles. The number of sulfonamides is 1. The lowest BCUT2D eigenvalue weighted by molar-refractivity contribution is -0.127. The Hall–Kier alpha value is -4.50. The lowest BCUT2D eigenvalue weighted by atomic mass is 9.93. The molecule has 2 N–H and O–H groups in total. The quantitative estimate of drug-likeness (QED) is 0.0959. The van der Waals surface area contributed by atoms with Gasteiger partial charge in [0.1, 0.15) is 5.70 Å². The van der Waals surface area contributed by atoms with Gasteiger partial charge < -0.3 is 19.3 Å². The molecule has 0 fully saturated rings. The van der Waals surface area contributed by atoms with E-state index in [1.165, 1.54) is 24.3 Å². The van der Waals surface area contributed by atoms with E-state index in [9.17, 15) is 18.0 Å². The van der Waals surface area contributed by atoms with Crippen LogP contribution < -0.4 is 15.2 Å². The van der Waals surface area contributed by atoms with Gasteiger partial charge >= 0.3 is 0 Å². The first-order valence-electron chi connectivity index (χ1n) is 20.5. The van der Waals surface area contributed by atoms with Crippen LogP contribution in [0.25, 0.3) is 10.8 Å². The van der Waals surface area contributed by atoms with Crippen LogP contribution in [0.15, 0.2) is 94.5 Å². The number of carbonyl (C=O) groups excluding carboxylic acids is 3. The molecule has 60 heavy (non-hydrogen) atoms. The van der Waals surface area contributed by atoms with Crippen LogP contribution in [0.4, 0.5) is 5.69 Å². The second-order valence-corrected chi connectivity index (χ2v) is 17.6. The van der Waals surface area contributed by atoms with Crippen LogP contribution in [0.3, 0.4) is 0 Å². The molecule has 0 bridgehead atoms. The smallest absolute Gasteiger partial charge is 0.273 e. The summed E-state index contributed by atoms with van der Waals surface area (Å²) >= 11 is 13.3. The van der Waals surface area contributed by atoms with Gasteiger partial charge in [0, 0.05) is 50.4 Å². The number of carbonyl (C=O) groups is 3. The molecule has 0 saturated carbocycles. The van der Waals surface area contributed by atoms with Crippen molar-refractivity contribution in [3.05, 3.63) is 117 Å². The summed E-state index contributed by atoms with van der Waals surface area (Å²) in [4.78, 5) is 47.0. The van der Waals surface area contributed by atoms with E-state index in [2.05, 4.69) is 24.0 Å². The minimum Gasteiger partial charge on any atom is -0.385 e. The molecule has 6 rings (SSSR count). The van der Waals surface area contributed by atoms with E-state index in [1.807, 2.05) is 31.2 Å². The number of anilines is 1. The van der Waals surface area contributed by atoms with Crippen LogP contribution in [0, 0.1) is 0 Å². The summed E-state index contributed by atoms with van der Waals surface area (Å²) in [5.74, 6) is -1.78. The zero-order valence-electron chi connectivity index (χ0n) is 34.5. The number of nitrogens with one attached hydrogen (secondary N) is 2. The SMILES string of the molecule is CCCCN(CCCC)C(=O)C1=C(Cl)C(C)NN1c1ccc(C(=O)NS(=O)(=O)c2ccc3cccc(Cl)c3c2)c(C(=O)N2Cc3ccccc3CC2COCCCOC)c1. The molecule has 15 heteroatoms. The van der Waals surface area contributed by atoms with E-state index in [1.54, 1.807) is 52.3 Å². The second kappa shape index (κ2) is 20.4. The molecule has 0 radical (unpaired) electrons. The topological polar surface area (TPSA) is 138 Å². The Morgan fingerprint density at radius 1 is 0.883 bits per heavy atom. The molecule has 2 atom stereocenters. The zero-order valence-corrected chi connectivity index (χ0v) is 36.8. The van der Waals surface area contributed by atoms with E-state index in [4.69, 9.17) is 32.7 Å². The Kier molecular flexibility index (Phi) is 15.3. The number of rotatable bonds is 18. The van der Waals surface area contributed by atoms with Crippen molar-refractivity contribution in [1.82, 2.24) is 19.9 Å². The van der Waals surface area contributed by atoms with Gasteiger partial charge in [0.2, 0.25) is 0 Å². The predicted molar refractivity (Wildman–Crippen MR) is 236 cm³/mol. The van der Waals surface area contributed by atoms with E-state index < -0.39 is 33.9 Å². The average Bonchev–Trinajstić information content (AvgIpc) is 3.55. The van der Waals surface area contributed by atoms with Crippen molar-refractivity contribution in [2.45, 2.75) is 82.8 Å². The van der Waals surface area contributed by atoms with Crippen molar-refractivity contribution in [3.63, 3.8) is 0 Å². The fourth-order valence-corrected chi connectivity index (χ4v) is 8.95. The van der Waals surface area contributed by atoms with Crippen LogP contribution >= 0.6 is 23.2 Å². The van der Waals surface area contributed by atoms with Gasteiger partial charge in [0.25, 0.3) is 27.7 Å². The summed E-state index contributed by atoms with van der Waals surface area (Å²) in [6.45, 7) is 8.46. The van der Waals surface area contributed by atoms with E-state index >= 15 is 4.79 Å². The molecule has 0 aromatic heterocycles. The van der Waals surface area contributed by atoms with Gasteiger partial charge in [-0.25, -0.2) is 18.6 Å². The van der Waals surface area contributed by atoms with Gasteiger partial charge in [-0.1, -0.05) is 92.4 Å². The number of benzene rings is 4. The molecule has 2 unspecified atom stereocenters. The third kappa shape index (κ3) is 10.2. The molecule has 0 spiro atoms. The molecule has 320 valence electrons. The summed E-state index contributed by atoms with van der Waals surface area (Å²) in [6, 6.07) is 21.1.